The number of hydrogen-bond acceptors (Lipinski definition) is 4. The maximum atomic E-state index is 12.2. The molecule has 1 N–H and O–H groups in total. The highest BCUT2D eigenvalue weighted by molar-refractivity contribution is 6.05. The number of nitro benzene ring substituents is 1. The SMILES string of the molecule is Cc1cccnc1NC(=O)c1cccc([N+](=O)[O-])c1C. The lowest BCUT2D eigenvalue weighted by Crippen LogP contribution is -2.15. The first-order chi connectivity index (χ1) is 9.50. The van der Waals surface area contributed by atoms with Crippen LogP contribution in [0.5, 0.6) is 0 Å². The molecule has 6 heteroatoms. The molecule has 0 atom stereocenters. The minimum Gasteiger partial charge on any atom is -0.306 e. The van der Waals surface area contributed by atoms with Crippen LogP contribution >= 0.6 is 0 Å². The lowest BCUT2D eigenvalue weighted by atomic mass is 10.1. The Morgan fingerprint density at radius 1 is 1.25 bits per heavy atom. The number of aromatic nitrogens is 1. The zero-order chi connectivity index (χ0) is 14.7. The standard InChI is InChI=1S/C14H13N3O3/c1-9-5-4-8-15-13(9)16-14(18)11-6-3-7-12(10(11)2)17(19)20/h3-8H,1-2H3,(H,15,16,18). The van der Waals surface area contributed by atoms with E-state index in [0.29, 0.717) is 11.4 Å². The van der Waals surface area contributed by atoms with Crippen molar-refractivity contribution in [3.05, 3.63) is 63.3 Å². The van der Waals surface area contributed by atoms with E-state index in [0.717, 1.165) is 5.56 Å². The van der Waals surface area contributed by atoms with Crippen molar-refractivity contribution in [2.24, 2.45) is 0 Å². The fraction of sp³-hybridized carbons (Fsp3) is 0.143. The van der Waals surface area contributed by atoms with Crippen LogP contribution in [-0.2, 0) is 0 Å². The van der Waals surface area contributed by atoms with Crippen molar-refractivity contribution >= 4 is 17.4 Å². The van der Waals surface area contributed by atoms with Crippen molar-refractivity contribution in [3.8, 4) is 0 Å². The molecule has 0 unspecified atom stereocenters. The number of benzene rings is 1. The summed E-state index contributed by atoms with van der Waals surface area (Å²) in [7, 11) is 0. The van der Waals surface area contributed by atoms with Gasteiger partial charge in [-0.3, -0.25) is 14.9 Å². The van der Waals surface area contributed by atoms with Gasteiger partial charge >= 0.3 is 0 Å². The number of amides is 1. The minimum atomic E-state index is -0.502. The summed E-state index contributed by atoms with van der Waals surface area (Å²) in [5.41, 5.74) is 1.35. The molecule has 6 nitrogen and oxygen atoms in total. The van der Waals surface area contributed by atoms with Gasteiger partial charge in [0.05, 0.1) is 4.92 Å². The van der Waals surface area contributed by atoms with Crippen molar-refractivity contribution in [3.63, 3.8) is 0 Å². The van der Waals surface area contributed by atoms with E-state index in [1.165, 1.54) is 12.1 Å². The Balaban J connectivity index is 2.33. The summed E-state index contributed by atoms with van der Waals surface area (Å²) in [5, 5.41) is 13.5. The van der Waals surface area contributed by atoms with Crippen molar-refractivity contribution in [1.82, 2.24) is 4.98 Å². The van der Waals surface area contributed by atoms with E-state index in [1.54, 1.807) is 25.3 Å². The van der Waals surface area contributed by atoms with Crippen LogP contribution in [-0.4, -0.2) is 15.8 Å². The molecule has 0 saturated carbocycles. The fourth-order valence-electron chi connectivity index (χ4n) is 1.86. The monoisotopic (exact) mass is 271 g/mol. The van der Waals surface area contributed by atoms with E-state index in [-0.39, 0.29) is 11.3 Å². The van der Waals surface area contributed by atoms with Gasteiger partial charge in [-0.25, -0.2) is 4.98 Å². The van der Waals surface area contributed by atoms with Gasteiger partial charge in [0, 0.05) is 23.4 Å². The summed E-state index contributed by atoms with van der Waals surface area (Å²) in [6, 6.07) is 8.01. The van der Waals surface area contributed by atoms with Crippen LogP contribution in [0.1, 0.15) is 21.5 Å². The van der Waals surface area contributed by atoms with Gasteiger partial charge in [0.2, 0.25) is 0 Å². The number of carbonyl (C=O) groups excluding carboxylic acids is 1. The number of nitro groups is 1. The molecule has 0 bridgehead atoms. The fourth-order valence-corrected chi connectivity index (χ4v) is 1.86. The molecule has 0 aliphatic carbocycles. The second kappa shape index (κ2) is 5.48. The molecule has 1 heterocycles. The van der Waals surface area contributed by atoms with Gasteiger partial charge in [0.25, 0.3) is 11.6 Å². The number of aryl methyl sites for hydroxylation is 1. The van der Waals surface area contributed by atoms with Gasteiger partial charge in [-0.1, -0.05) is 12.1 Å². The Morgan fingerprint density at radius 2 is 2.00 bits per heavy atom. The normalized spacial score (nSPS) is 10.1. The lowest BCUT2D eigenvalue weighted by molar-refractivity contribution is -0.385. The smallest absolute Gasteiger partial charge is 0.273 e. The lowest BCUT2D eigenvalue weighted by Gasteiger charge is -2.08. The van der Waals surface area contributed by atoms with E-state index in [1.807, 2.05) is 13.0 Å². The van der Waals surface area contributed by atoms with Gasteiger partial charge in [0.15, 0.2) is 0 Å². The van der Waals surface area contributed by atoms with Crippen molar-refractivity contribution < 1.29 is 9.72 Å². The molecular formula is C14H13N3O3. The van der Waals surface area contributed by atoms with Gasteiger partial charge in [-0.05, 0) is 31.5 Å². The van der Waals surface area contributed by atoms with Gasteiger partial charge < -0.3 is 5.32 Å². The molecule has 1 aromatic heterocycles. The van der Waals surface area contributed by atoms with Crippen LogP contribution in [0, 0.1) is 24.0 Å². The molecular weight excluding hydrogens is 258 g/mol. The van der Waals surface area contributed by atoms with Crippen LogP contribution in [0.4, 0.5) is 11.5 Å². The molecule has 2 aromatic rings. The number of carbonyl (C=O) groups is 1. The van der Waals surface area contributed by atoms with E-state index in [4.69, 9.17) is 0 Å². The topological polar surface area (TPSA) is 85.1 Å². The maximum absolute atomic E-state index is 12.2. The molecule has 20 heavy (non-hydrogen) atoms. The predicted octanol–water partition coefficient (Wildman–Crippen LogP) is 2.86. The average Bonchev–Trinajstić information content (AvgIpc) is 2.41. The highest BCUT2D eigenvalue weighted by Crippen LogP contribution is 2.22. The summed E-state index contributed by atoms with van der Waals surface area (Å²) in [6.07, 6.45) is 1.57. The number of pyridine rings is 1. The summed E-state index contributed by atoms with van der Waals surface area (Å²) in [6.45, 7) is 3.38. The van der Waals surface area contributed by atoms with Gasteiger partial charge in [0.1, 0.15) is 5.82 Å². The highest BCUT2D eigenvalue weighted by atomic mass is 16.6. The Morgan fingerprint density at radius 3 is 2.65 bits per heavy atom. The van der Waals surface area contributed by atoms with E-state index >= 15 is 0 Å². The molecule has 1 amide bonds. The summed E-state index contributed by atoms with van der Waals surface area (Å²) >= 11 is 0. The quantitative estimate of drug-likeness (QED) is 0.687. The molecule has 2 rings (SSSR count). The molecule has 0 radical (unpaired) electrons. The Labute approximate surface area is 115 Å². The summed E-state index contributed by atoms with van der Waals surface area (Å²) < 4.78 is 0. The van der Waals surface area contributed by atoms with Crippen molar-refractivity contribution in [2.75, 3.05) is 5.32 Å². The largest absolute Gasteiger partial charge is 0.306 e. The first kappa shape index (κ1) is 13.7. The van der Waals surface area contributed by atoms with E-state index in [2.05, 4.69) is 10.3 Å². The summed E-state index contributed by atoms with van der Waals surface area (Å²) in [4.78, 5) is 26.6. The Kier molecular flexibility index (Phi) is 3.74. The van der Waals surface area contributed by atoms with E-state index < -0.39 is 10.8 Å². The van der Waals surface area contributed by atoms with Gasteiger partial charge in [-0.15, -0.1) is 0 Å². The highest BCUT2D eigenvalue weighted by Gasteiger charge is 2.18. The van der Waals surface area contributed by atoms with Crippen LogP contribution in [0.25, 0.3) is 0 Å². The van der Waals surface area contributed by atoms with Crippen molar-refractivity contribution in [2.45, 2.75) is 13.8 Å². The van der Waals surface area contributed by atoms with Crippen molar-refractivity contribution in [1.29, 1.82) is 0 Å². The minimum absolute atomic E-state index is 0.0737. The van der Waals surface area contributed by atoms with E-state index in [9.17, 15) is 14.9 Å². The third-order valence-electron chi connectivity index (χ3n) is 2.99. The molecule has 102 valence electrons. The van der Waals surface area contributed by atoms with Gasteiger partial charge in [-0.2, -0.15) is 0 Å². The average molecular weight is 271 g/mol. The van der Waals surface area contributed by atoms with Crippen LogP contribution in [0.3, 0.4) is 0 Å². The van der Waals surface area contributed by atoms with Crippen LogP contribution in [0.15, 0.2) is 36.5 Å². The van der Waals surface area contributed by atoms with Crippen LogP contribution in [0.2, 0.25) is 0 Å². The molecule has 0 aliphatic rings. The molecule has 0 fully saturated rings. The number of nitrogens with zero attached hydrogens (tertiary/aromatic N) is 2. The number of anilines is 1. The number of hydrogen-bond donors (Lipinski definition) is 1. The Hall–Kier alpha value is -2.76. The molecule has 0 aliphatic heterocycles. The zero-order valence-corrected chi connectivity index (χ0v) is 11.1. The second-order valence-electron chi connectivity index (χ2n) is 4.33. The Bertz CT molecular complexity index is 683. The maximum Gasteiger partial charge on any atom is 0.273 e. The second-order valence-corrected chi connectivity index (χ2v) is 4.33. The molecule has 0 spiro atoms. The first-order valence-corrected chi connectivity index (χ1v) is 5.97. The van der Waals surface area contributed by atoms with Crippen LogP contribution < -0.4 is 5.32 Å². The third kappa shape index (κ3) is 2.64. The summed E-state index contributed by atoms with van der Waals surface area (Å²) in [5.74, 6) is 0.0383. The third-order valence-corrected chi connectivity index (χ3v) is 2.99. The molecule has 1 aromatic carbocycles. The predicted molar refractivity (Wildman–Crippen MR) is 74.8 cm³/mol. The number of nitrogens with one attached hydrogen (secondary N) is 1. The zero-order valence-electron chi connectivity index (χ0n) is 11.1. The number of rotatable bonds is 3. The molecule has 0 saturated heterocycles. The first-order valence-electron chi connectivity index (χ1n) is 5.97.